The minimum Gasteiger partial charge on any atom is -0.377 e. The Morgan fingerprint density at radius 3 is 2.35 bits per heavy atom. The topological polar surface area (TPSA) is 110 Å². The SMILES string of the molecule is Cc1cc([C@@H](C)Nc2ccccc2S(N)(=O)=O)c2nc(N3Cc4ccccc4C3)cc(=O)n2c1. The van der Waals surface area contributed by atoms with Crippen LogP contribution in [0.15, 0.2) is 76.6 Å². The van der Waals surface area contributed by atoms with Crippen molar-refractivity contribution < 1.29 is 8.42 Å². The number of pyridine rings is 1. The number of rotatable bonds is 5. The number of sulfonamides is 1. The predicted octanol–water partition coefficient (Wildman–Crippen LogP) is 3.34. The number of hydrogen-bond acceptors (Lipinski definition) is 6. The number of aryl methyl sites for hydroxylation is 1. The minimum absolute atomic E-state index is 0.0134. The van der Waals surface area contributed by atoms with Crippen molar-refractivity contribution in [2.75, 3.05) is 10.2 Å². The van der Waals surface area contributed by atoms with Crippen LogP contribution in [0.4, 0.5) is 11.5 Å². The first-order chi connectivity index (χ1) is 16.2. The average molecular weight is 476 g/mol. The molecule has 4 aromatic rings. The van der Waals surface area contributed by atoms with Gasteiger partial charge in [-0.1, -0.05) is 36.4 Å². The molecule has 1 atom stereocenters. The highest BCUT2D eigenvalue weighted by Gasteiger charge is 2.22. The number of hydrogen-bond donors (Lipinski definition) is 2. The van der Waals surface area contributed by atoms with E-state index < -0.39 is 10.0 Å². The summed E-state index contributed by atoms with van der Waals surface area (Å²) in [5.74, 6) is 0.614. The number of aromatic nitrogens is 2. The summed E-state index contributed by atoms with van der Waals surface area (Å²) >= 11 is 0. The third-order valence-electron chi connectivity index (χ3n) is 6.11. The highest BCUT2D eigenvalue weighted by atomic mass is 32.2. The molecule has 0 radical (unpaired) electrons. The second-order valence-corrected chi connectivity index (χ2v) is 10.2. The molecule has 9 heteroatoms. The first-order valence-corrected chi connectivity index (χ1v) is 12.5. The lowest BCUT2D eigenvalue weighted by atomic mass is 10.1. The summed E-state index contributed by atoms with van der Waals surface area (Å²) in [4.78, 5) is 20.1. The van der Waals surface area contributed by atoms with E-state index >= 15 is 0 Å². The van der Waals surface area contributed by atoms with Crippen LogP contribution in [0.3, 0.4) is 0 Å². The van der Waals surface area contributed by atoms with Gasteiger partial charge in [0.1, 0.15) is 16.4 Å². The maximum Gasteiger partial charge on any atom is 0.259 e. The molecule has 0 bridgehead atoms. The van der Waals surface area contributed by atoms with Crippen molar-refractivity contribution >= 4 is 27.2 Å². The van der Waals surface area contributed by atoms with Crippen molar-refractivity contribution in [3.63, 3.8) is 0 Å². The van der Waals surface area contributed by atoms with Crippen molar-refractivity contribution in [3.05, 3.63) is 99.5 Å². The molecule has 3 N–H and O–H groups in total. The number of nitrogens with two attached hydrogens (primary N) is 1. The van der Waals surface area contributed by atoms with Gasteiger partial charge < -0.3 is 10.2 Å². The van der Waals surface area contributed by atoms with Crippen molar-refractivity contribution in [2.24, 2.45) is 5.14 Å². The van der Waals surface area contributed by atoms with E-state index in [1.54, 1.807) is 34.9 Å². The van der Waals surface area contributed by atoms with Gasteiger partial charge >= 0.3 is 0 Å². The van der Waals surface area contributed by atoms with E-state index in [1.165, 1.54) is 17.2 Å². The number of nitrogens with zero attached hydrogens (tertiary/aromatic N) is 3. The molecular formula is C25H25N5O3S. The van der Waals surface area contributed by atoms with Gasteiger partial charge in [0, 0.05) is 30.9 Å². The number of primary sulfonamides is 1. The fourth-order valence-corrected chi connectivity index (χ4v) is 5.18. The summed E-state index contributed by atoms with van der Waals surface area (Å²) in [5.41, 5.74) is 4.87. The predicted molar refractivity (Wildman–Crippen MR) is 132 cm³/mol. The maximum absolute atomic E-state index is 13.1. The van der Waals surface area contributed by atoms with Crippen LogP contribution in [0.2, 0.25) is 0 Å². The van der Waals surface area contributed by atoms with E-state index in [0.717, 1.165) is 11.1 Å². The van der Waals surface area contributed by atoms with Gasteiger partial charge in [0.2, 0.25) is 10.0 Å². The van der Waals surface area contributed by atoms with Gasteiger partial charge in [-0.15, -0.1) is 0 Å². The van der Waals surface area contributed by atoms with Crippen LogP contribution in [0.1, 0.15) is 35.2 Å². The Morgan fingerprint density at radius 1 is 1.03 bits per heavy atom. The van der Waals surface area contributed by atoms with Gasteiger partial charge in [0.25, 0.3) is 5.56 Å². The van der Waals surface area contributed by atoms with Crippen molar-refractivity contribution in [1.82, 2.24) is 9.38 Å². The Morgan fingerprint density at radius 2 is 1.68 bits per heavy atom. The average Bonchev–Trinajstić information content (AvgIpc) is 3.23. The molecule has 174 valence electrons. The summed E-state index contributed by atoms with van der Waals surface area (Å²) in [6.07, 6.45) is 1.77. The zero-order chi connectivity index (χ0) is 24.0. The molecule has 0 saturated carbocycles. The largest absolute Gasteiger partial charge is 0.377 e. The van der Waals surface area contributed by atoms with Crippen LogP contribution in [0.25, 0.3) is 5.65 Å². The molecule has 8 nitrogen and oxygen atoms in total. The Balaban J connectivity index is 1.57. The quantitative estimate of drug-likeness (QED) is 0.458. The third-order valence-corrected chi connectivity index (χ3v) is 7.08. The van der Waals surface area contributed by atoms with Gasteiger partial charge in [0.05, 0.1) is 11.7 Å². The smallest absolute Gasteiger partial charge is 0.259 e. The summed E-state index contributed by atoms with van der Waals surface area (Å²) in [5, 5.41) is 8.65. The van der Waals surface area contributed by atoms with E-state index in [0.29, 0.717) is 30.2 Å². The molecule has 0 amide bonds. The van der Waals surface area contributed by atoms with Crippen LogP contribution in [-0.4, -0.2) is 17.8 Å². The lowest BCUT2D eigenvalue weighted by Gasteiger charge is -2.21. The standard InChI is InChI=1S/C25H25N5O3S/c1-16-11-20(17(2)27-21-9-5-6-10-22(21)34(26,32)33)25-28-23(12-24(31)30(25)13-16)29-14-18-7-3-4-8-19(18)15-29/h3-13,17,27H,14-15H2,1-2H3,(H2,26,32,33)/t17-/m1/s1. The molecule has 0 aliphatic carbocycles. The number of fused-ring (bicyclic) bond motifs is 2. The van der Waals surface area contributed by atoms with Crippen molar-refractivity contribution in [1.29, 1.82) is 0 Å². The summed E-state index contributed by atoms with van der Waals surface area (Å²) < 4.78 is 25.6. The molecular weight excluding hydrogens is 450 g/mol. The summed E-state index contributed by atoms with van der Waals surface area (Å²) in [6, 6.07) is 17.9. The lowest BCUT2D eigenvalue weighted by molar-refractivity contribution is 0.598. The Labute approximate surface area is 197 Å². The van der Waals surface area contributed by atoms with Crippen LogP contribution >= 0.6 is 0 Å². The molecule has 0 spiro atoms. The molecule has 5 rings (SSSR count). The van der Waals surface area contributed by atoms with Crippen molar-refractivity contribution in [2.45, 2.75) is 37.9 Å². The maximum atomic E-state index is 13.1. The van der Waals surface area contributed by atoms with Gasteiger partial charge in [-0.25, -0.2) is 18.5 Å². The van der Waals surface area contributed by atoms with Crippen LogP contribution in [0.5, 0.6) is 0 Å². The summed E-state index contributed by atoms with van der Waals surface area (Å²) in [7, 11) is -3.90. The monoisotopic (exact) mass is 475 g/mol. The zero-order valence-electron chi connectivity index (χ0n) is 18.9. The number of benzene rings is 2. The Kier molecular flexibility index (Phi) is 5.38. The number of anilines is 2. The first kappa shape index (κ1) is 22.1. The first-order valence-electron chi connectivity index (χ1n) is 10.9. The van der Waals surface area contributed by atoms with Gasteiger partial charge in [-0.2, -0.15) is 0 Å². The Hall–Kier alpha value is -3.69. The second kappa shape index (κ2) is 8.27. The highest BCUT2D eigenvalue weighted by Crippen LogP contribution is 2.30. The zero-order valence-corrected chi connectivity index (χ0v) is 19.7. The third kappa shape index (κ3) is 4.04. The normalized spacial score (nSPS) is 14.3. The van der Waals surface area contributed by atoms with E-state index in [2.05, 4.69) is 22.3 Å². The number of nitrogens with one attached hydrogen (secondary N) is 1. The van der Waals surface area contributed by atoms with E-state index in [-0.39, 0.29) is 16.5 Å². The molecule has 34 heavy (non-hydrogen) atoms. The molecule has 0 unspecified atom stereocenters. The van der Waals surface area contributed by atoms with E-state index in [1.807, 2.05) is 32.0 Å². The van der Waals surface area contributed by atoms with Gasteiger partial charge in [-0.05, 0) is 48.7 Å². The van der Waals surface area contributed by atoms with Gasteiger partial charge in [0.15, 0.2) is 0 Å². The van der Waals surface area contributed by atoms with Crippen LogP contribution < -0.4 is 20.9 Å². The number of para-hydroxylation sites is 1. The fraction of sp³-hybridized carbons (Fsp3) is 0.200. The molecule has 1 aliphatic heterocycles. The highest BCUT2D eigenvalue weighted by molar-refractivity contribution is 7.89. The van der Waals surface area contributed by atoms with E-state index in [4.69, 9.17) is 10.1 Å². The molecule has 2 aromatic heterocycles. The molecule has 3 heterocycles. The molecule has 2 aromatic carbocycles. The molecule has 0 saturated heterocycles. The van der Waals surface area contributed by atoms with Crippen molar-refractivity contribution in [3.8, 4) is 0 Å². The van der Waals surface area contributed by atoms with Gasteiger partial charge in [-0.3, -0.25) is 9.20 Å². The molecule has 1 aliphatic rings. The fourth-order valence-electron chi connectivity index (χ4n) is 4.48. The molecule has 0 fully saturated rings. The summed E-state index contributed by atoms with van der Waals surface area (Å²) in [6.45, 7) is 5.19. The Bertz CT molecular complexity index is 1550. The van der Waals surface area contributed by atoms with E-state index in [9.17, 15) is 13.2 Å². The van der Waals surface area contributed by atoms with Crippen LogP contribution in [0, 0.1) is 6.92 Å². The minimum atomic E-state index is -3.90. The second-order valence-electron chi connectivity index (χ2n) is 8.65. The van der Waals surface area contributed by atoms with Crippen LogP contribution in [-0.2, 0) is 23.1 Å². The lowest BCUT2D eigenvalue weighted by Crippen LogP contribution is -2.24.